The molecule has 0 bridgehead atoms. The van der Waals surface area contributed by atoms with E-state index in [0.29, 0.717) is 22.2 Å². The van der Waals surface area contributed by atoms with Gasteiger partial charge in [-0.3, -0.25) is 0 Å². The first-order valence-electron chi connectivity index (χ1n) is 6.14. The minimum atomic E-state index is -0.0256. The lowest BCUT2D eigenvalue weighted by molar-refractivity contribution is 0.114. The van der Waals surface area contributed by atoms with Crippen molar-refractivity contribution in [2.45, 2.75) is 47.5 Å². The fourth-order valence-electron chi connectivity index (χ4n) is 2.43. The Balaban J connectivity index is 2.82. The zero-order chi connectivity index (χ0) is 12.6. The molecule has 0 radical (unpaired) electrons. The average molecular weight is 239 g/mol. The molecule has 92 valence electrons. The fraction of sp³-hybridized carbons (Fsp3) is 0.786. The maximum Gasteiger partial charge on any atom is 0.0784 e. The summed E-state index contributed by atoms with van der Waals surface area (Å²) in [6.45, 7) is 11.3. The van der Waals surface area contributed by atoms with Crippen molar-refractivity contribution in [2.24, 2.45) is 28.4 Å². The summed E-state index contributed by atoms with van der Waals surface area (Å²) in [5, 5.41) is 0. The number of hydrogen-bond acceptors (Lipinski definition) is 1. The van der Waals surface area contributed by atoms with Crippen molar-refractivity contribution in [3.8, 4) is 0 Å². The molecule has 0 saturated carbocycles. The lowest BCUT2D eigenvalue weighted by atomic mass is 9.61. The summed E-state index contributed by atoms with van der Waals surface area (Å²) in [6, 6.07) is 0. The van der Waals surface area contributed by atoms with E-state index in [2.05, 4.69) is 46.8 Å². The number of hydrogen-bond donors (Lipinski definition) is 1. The molecular weight excluding hydrogens is 214 g/mol. The van der Waals surface area contributed by atoms with E-state index in [1.54, 1.807) is 0 Å². The van der Waals surface area contributed by atoms with Crippen LogP contribution in [-0.4, -0.2) is 4.99 Å². The summed E-state index contributed by atoms with van der Waals surface area (Å²) in [5.41, 5.74) is 6.14. The van der Waals surface area contributed by atoms with Gasteiger partial charge in [0.15, 0.2) is 0 Å². The third kappa shape index (κ3) is 2.65. The van der Waals surface area contributed by atoms with E-state index in [1.165, 1.54) is 0 Å². The molecular formula is C14H25NS. The number of allylic oxidation sites excluding steroid dienone is 2. The maximum atomic E-state index is 5.82. The molecule has 1 rings (SSSR count). The van der Waals surface area contributed by atoms with Gasteiger partial charge in [0.2, 0.25) is 0 Å². The predicted molar refractivity (Wildman–Crippen MR) is 75.4 cm³/mol. The van der Waals surface area contributed by atoms with Crippen LogP contribution in [0.5, 0.6) is 0 Å². The van der Waals surface area contributed by atoms with Gasteiger partial charge < -0.3 is 5.73 Å². The first-order valence-corrected chi connectivity index (χ1v) is 6.55. The molecule has 2 heteroatoms. The quantitative estimate of drug-likeness (QED) is 0.596. The second kappa shape index (κ2) is 4.48. The molecule has 0 heterocycles. The van der Waals surface area contributed by atoms with Gasteiger partial charge in [0.05, 0.1) is 4.99 Å². The number of rotatable bonds is 3. The van der Waals surface area contributed by atoms with Crippen LogP contribution in [0.4, 0.5) is 0 Å². The van der Waals surface area contributed by atoms with Crippen LogP contribution in [0.2, 0.25) is 0 Å². The molecule has 0 aromatic carbocycles. The van der Waals surface area contributed by atoms with Crippen LogP contribution in [0.1, 0.15) is 47.5 Å². The summed E-state index contributed by atoms with van der Waals surface area (Å²) in [7, 11) is 0. The second-order valence-corrected chi connectivity index (χ2v) is 6.86. The Morgan fingerprint density at radius 1 is 1.50 bits per heavy atom. The molecule has 2 atom stereocenters. The summed E-state index contributed by atoms with van der Waals surface area (Å²) < 4.78 is 0. The first-order chi connectivity index (χ1) is 7.18. The lowest BCUT2D eigenvalue weighted by Gasteiger charge is -2.44. The van der Waals surface area contributed by atoms with Gasteiger partial charge in [0.1, 0.15) is 0 Å². The molecule has 0 aromatic heterocycles. The third-order valence-electron chi connectivity index (χ3n) is 4.49. The molecule has 0 aliphatic heterocycles. The van der Waals surface area contributed by atoms with E-state index in [-0.39, 0.29) is 5.41 Å². The van der Waals surface area contributed by atoms with Crippen molar-refractivity contribution in [3.63, 3.8) is 0 Å². The second-order valence-electron chi connectivity index (χ2n) is 6.42. The first kappa shape index (κ1) is 13.7. The minimum absolute atomic E-state index is 0.0256. The Morgan fingerprint density at radius 2 is 2.06 bits per heavy atom. The van der Waals surface area contributed by atoms with Crippen molar-refractivity contribution in [1.82, 2.24) is 0 Å². The van der Waals surface area contributed by atoms with E-state index in [0.717, 1.165) is 12.8 Å². The van der Waals surface area contributed by atoms with Gasteiger partial charge >= 0.3 is 0 Å². The van der Waals surface area contributed by atoms with Gasteiger partial charge in [-0.2, -0.15) is 0 Å². The topological polar surface area (TPSA) is 26.0 Å². The van der Waals surface area contributed by atoms with E-state index in [1.807, 2.05) is 0 Å². The van der Waals surface area contributed by atoms with Crippen LogP contribution < -0.4 is 5.73 Å². The van der Waals surface area contributed by atoms with Crippen LogP contribution in [0.3, 0.4) is 0 Å². The molecule has 0 fully saturated rings. The molecule has 2 N–H and O–H groups in total. The van der Waals surface area contributed by atoms with Crippen LogP contribution in [0.15, 0.2) is 12.2 Å². The molecule has 0 saturated heterocycles. The molecule has 2 unspecified atom stereocenters. The summed E-state index contributed by atoms with van der Waals surface area (Å²) in [6.07, 6.45) is 6.90. The van der Waals surface area contributed by atoms with Gasteiger partial charge in [0.25, 0.3) is 0 Å². The lowest BCUT2D eigenvalue weighted by Crippen LogP contribution is -2.39. The standard InChI is InChI=1S/C14H25NS/c1-10-7-6-8-11(14(10,4)5)9-13(2,3)12(15)16/h6-7,10-11H,8-9H2,1-5H3,(H2,15,16). The highest BCUT2D eigenvalue weighted by Crippen LogP contribution is 2.46. The summed E-state index contributed by atoms with van der Waals surface area (Å²) in [5.74, 6) is 1.30. The Bertz CT molecular complexity index is 302. The normalized spacial score (nSPS) is 29.1. The molecule has 1 nitrogen and oxygen atoms in total. The summed E-state index contributed by atoms with van der Waals surface area (Å²) >= 11 is 5.16. The molecule has 1 aliphatic rings. The van der Waals surface area contributed by atoms with Gasteiger partial charge in [0, 0.05) is 5.41 Å². The Morgan fingerprint density at radius 3 is 2.56 bits per heavy atom. The van der Waals surface area contributed by atoms with Gasteiger partial charge in [-0.05, 0) is 30.1 Å². The van der Waals surface area contributed by atoms with Crippen molar-refractivity contribution < 1.29 is 0 Å². The largest absolute Gasteiger partial charge is 0.393 e. The predicted octanol–water partition coefficient (Wildman–Crippen LogP) is 3.93. The molecule has 0 amide bonds. The van der Waals surface area contributed by atoms with Crippen molar-refractivity contribution in [3.05, 3.63) is 12.2 Å². The van der Waals surface area contributed by atoms with E-state index < -0.39 is 0 Å². The van der Waals surface area contributed by atoms with Crippen LogP contribution in [0, 0.1) is 22.7 Å². The Hall–Kier alpha value is -0.370. The molecule has 0 aromatic rings. The van der Waals surface area contributed by atoms with Gasteiger partial charge in [-0.25, -0.2) is 0 Å². The minimum Gasteiger partial charge on any atom is -0.393 e. The highest BCUT2D eigenvalue weighted by atomic mass is 32.1. The van der Waals surface area contributed by atoms with E-state index in [4.69, 9.17) is 18.0 Å². The van der Waals surface area contributed by atoms with Crippen LogP contribution in [-0.2, 0) is 0 Å². The van der Waals surface area contributed by atoms with Gasteiger partial charge in [-0.1, -0.05) is 59.0 Å². The SMILES string of the molecule is CC1C=CCC(CC(C)(C)C(N)=S)C1(C)C. The molecule has 16 heavy (non-hydrogen) atoms. The zero-order valence-corrected chi connectivity index (χ0v) is 12.0. The maximum absolute atomic E-state index is 5.82. The van der Waals surface area contributed by atoms with Crippen LogP contribution >= 0.6 is 12.2 Å². The summed E-state index contributed by atoms with van der Waals surface area (Å²) in [4.78, 5) is 0.644. The monoisotopic (exact) mass is 239 g/mol. The number of thiocarbonyl (C=S) groups is 1. The Labute approximate surface area is 105 Å². The number of nitrogens with two attached hydrogens (primary N) is 1. The highest BCUT2D eigenvalue weighted by Gasteiger charge is 2.39. The molecule has 1 aliphatic carbocycles. The average Bonchev–Trinajstić information content (AvgIpc) is 2.13. The molecule has 0 spiro atoms. The highest BCUT2D eigenvalue weighted by molar-refractivity contribution is 7.80. The fourth-order valence-corrected chi connectivity index (χ4v) is 2.52. The van der Waals surface area contributed by atoms with E-state index in [9.17, 15) is 0 Å². The zero-order valence-electron chi connectivity index (χ0n) is 11.2. The smallest absolute Gasteiger partial charge is 0.0784 e. The van der Waals surface area contributed by atoms with Crippen LogP contribution in [0.25, 0.3) is 0 Å². The van der Waals surface area contributed by atoms with Crippen molar-refractivity contribution >= 4 is 17.2 Å². The Kier molecular flexibility index (Phi) is 3.83. The third-order valence-corrected chi connectivity index (χ3v) is 5.05. The van der Waals surface area contributed by atoms with Crippen molar-refractivity contribution in [1.29, 1.82) is 0 Å². The van der Waals surface area contributed by atoms with E-state index >= 15 is 0 Å². The van der Waals surface area contributed by atoms with Gasteiger partial charge in [-0.15, -0.1) is 0 Å². The van der Waals surface area contributed by atoms with Crippen molar-refractivity contribution in [2.75, 3.05) is 0 Å².